The van der Waals surface area contributed by atoms with E-state index < -0.39 is 17.8 Å². The van der Waals surface area contributed by atoms with Gasteiger partial charge in [0.15, 0.2) is 23.0 Å². The van der Waals surface area contributed by atoms with Gasteiger partial charge in [0.2, 0.25) is 11.5 Å². The molecule has 0 N–H and O–H groups in total. The zero-order valence-electron chi connectivity index (χ0n) is 27.1. The number of carbonyl (C=O) groups excluding carboxylic acids is 2. The molecule has 0 radical (unpaired) electrons. The Morgan fingerprint density at radius 1 is 0.702 bits per heavy atom. The summed E-state index contributed by atoms with van der Waals surface area (Å²) >= 11 is 0. The molecule has 0 fully saturated rings. The Kier molecular flexibility index (Phi) is 10.7. The van der Waals surface area contributed by atoms with Crippen molar-refractivity contribution in [2.24, 2.45) is 5.92 Å². The average Bonchev–Trinajstić information content (AvgIpc) is 3.11. The van der Waals surface area contributed by atoms with Gasteiger partial charge < -0.3 is 33.2 Å². The largest absolute Gasteiger partial charge is 0.493 e. The molecular formula is C38H38O9. The highest BCUT2D eigenvalue weighted by Gasteiger charge is 2.39. The molecule has 244 valence electrons. The van der Waals surface area contributed by atoms with E-state index in [1.807, 2.05) is 78.9 Å². The maximum atomic E-state index is 12.6. The van der Waals surface area contributed by atoms with Gasteiger partial charge in [0, 0.05) is 24.3 Å². The topological polar surface area (TPSA) is 98.8 Å². The molecule has 4 aromatic carbocycles. The maximum absolute atomic E-state index is 12.6. The zero-order chi connectivity index (χ0) is 33.3. The van der Waals surface area contributed by atoms with Crippen LogP contribution in [-0.4, -0.2) is 47.3 Å². The number of hydrogen-bond donors (Lipinski definition) is 0. The predicted octanol–water partition coefficient (Wildman–Crippen LogP) is 6.79. The zero-order valence-corrected chi connectivity index (χ0v) is 27.1. The van der Waals surface area contributed by atoms with Crippen molar-refractivity contribution in [2.45, 2.75) is 26.1 Å². The molecule has 2 atom stereocenters. The molecule has 0 bridgehead atoms. The Morgan fingerprint density at radius 2 is 1.23 bits per heavy atom. The van der Waals surface area contributed by atoms with Crippen LogP contribution in [0.25, 0.3) is 6.08 Å². The van der Waals surface area contributed by atoms with E-state index in [9.17, 15) is 9.59 Å². The minimum atomic E-state index is -0.585. The molecular weight excluding hydrogens is 600 g/mol. The maximum Gasteiger partial charge on any atom is 0.302 e. The van der Waals surface area contributed by atoms with Crippen molar-refractivity contribution in [3.05, 3.63) is 112 Å². The van der Waals surface area contributed by atoms with Gasteiger partial charge >= 0.3 is 5.97 Å². The molecule has 0 saturated heterocycles. The van der Waals surface area contributed by atoms with Crippen LogP contribution in [0.4, 0.5) is 0 Å². The Hall–Kier alpha value is -5.44. The number of carbonyl (C=O) groups is 2. The van der Waals surface area contributed by atoms with E-state index in [4.69, 9.17) is 33.2 Å². The van der Waals surface area contributed by atoms with Crippen LogP contribution in [0.1, 0.15) is 40.7 Å². The quantitative estimate of drug-likeness (QED) is 0.109. The molecule has 47 heavy (non-hydrogen) atoms. The number of hydrogen-bond acceptors (Lipinski definition) is 9. The number of fused-ring (bicyclic) bond motifs is 1. The number of esters is 1. The van der Waals surface area contributed by atoms with Crippen molar-refractivity contribution < 1.29 is 42.7 Å². The third kappa shape index (κ3) is 7.19. The summed E-state index contributed by atoms with van der Waals surface area (Å²) in [6.45, 7) is 1.83. The fourth-order valence-corrected chi connectivity index (χ4v) is 5.86. The summed E-state index contributed by atoms with van der Waals surface area (Å²) in [7, 11) is 6.21. The van der Waals surface area contributed by atoms with Gasteiger partial charge in [-0.2, -0.15) is 0 Å². The number of rotatable bonds is 14. The Balaban J connectivity index is 1.68. The first kappa shape index (κ1) is 32.9. The first-order valence-corrected chi connectivity index (χ1v) is 15.1. The van der Waals surface area contributed by atoms with Crippen LogP contribution >= 0.6 is 0 Å². The highest BCUT2D eigenvalue weighted by Crippen LogP contribution is 2.54. The van der Waals surface area contributed by atoms with Gasteiger partial charge in [-0.3, -0.25) is 9.59 Å². The van der Waals surface area contributed by atoms with Crippen molar-refractivity contribution in [2.75, 3.05) is 35.0 Å². The van der Waals surface area contributed by atoms with Crippen molar-refractivity contribution in [1.29, 1.82) is 0 Å². The van der Waals surface area contributed by atoms with Crippen molar-refractivity contribution in [3.8, 4) is 34.5 Å². The molecule has 5 rings (SSSR count). The smallest absolute Gasteiger partial charge is 0.302 e. The lowest BCUT2D eigenvalue weighted by molar-refractivity contribution is -0.142. The molecule has 4 aromatic rings. The lowest BCUT2D eigenvalue weighted by Crippen LogP contribution is -2.27. The van der Waals surface area contributed by atoms with Gasteiger partial charge in [0.05, 0.1) is 35.0 Å². The van der Waals surface area contributed by atoms with Gasteiger partial charge in [-0.1, -0.05) is 60.7 Å². The Labute approximate surface area is 274 Å². The summed E-state index contributed by atoms with van der Waals surface area (Å²) < 4.78 is 41.6. The molecule has 0 heterocycles. The fraction of sp³-hybridized carbons (Fsp3) is 0.263. The molecule has 9 heteroatoms. The normalized spacial score (nSPS) is 15.0. The van der Waals surface area contributed by atoms with Crippen molar-refractivity contribution >= 4 is 18.3 Å². The van der Waals surface area contributed by atoms with Crippen LogP contribution in [0.15, 0.2) is 84.4 Å². The minimum absolute atomic E-state index is 0.0592. The van der Waals surface area contributed by atoms with E-state index in [0.29, 0.717) is 57.8 Å². The highest BCUT2D eigenvalue weighted by atomic mass is 16.5. The van der Waals surface area contributed by atoms with E-state index >= 15 is 0 Å². The van der Waals surface area contributed by atoms with Crippen LogP contribution in [0, 0.1) is 5.92 Å². The average molecular weight is 639 g/mol. The van der Waals surface area contributed by atoms with Crippen molar-refractivity contribution in [1.82, 2.24) is 0 Å². The van der Waals surface area contributed by atoms with E-state index in [2.05, 4.69) is 0 Å². The molecule has 0 unspecified atom stereocenters. The molecule has 0 aliphatic heterocycles. The Bertz CT molecular complexity index is 1710. The van der Waals surface area contributed by atoms with Crippen LogP contribution in [0.3, 0.4) is 0 Å². The predicted molar refractivity (Wildman–Crippen MR) is 177 cm³/mol. The lowest BCUT2D eigenvalue weighted by Gasteiger charge is -2.35. The molecule has 0 amide bonds. The molecule has 0 aromatic heterocycles. The minimum Gasteiger partial charge on any atom is -0.493 e. The number of ether oxygens (including phenoxy) is 7. The summed E-state index contributed by atoms with van der Waals surface area (Å²) in [5, 5.41) is 0. The van der Waals surface area contributed by atoms with E-state index in [1.54, 1.807) is 34.5 Å². The van der Waals surface area contributed by atoms with Gasteiger partial charge in [-0.25, -0.2) is 0 Å². The monoisotopic (exact) mass is 638 g/mol. The van der Waals surface area contributed by atoms with Crippen LogP contribution < -0.4 is 28.4 Å². The molecule has 1 aliphatic rings. The summed E-state index contributed by atoms with van der Waals surface area (Å²) in [5.41, 5.74) is 4.51. The fourth-order valence-electron chi connectivity index (χ4n) is 5.86. The number of aldehydes is 1. The van der Waals surface area contributed by atoms with Crippen molar-refractivity contribution in [3.63, 3.8) is 0 Å². The molecule has 0 saturated carbocycles. The van der Waals surface area contributed by atoms with E-state index in [0.717, 1.165) is 23.0 Å². The van der Waals surface area contributed by atoms with Crippen LogP contribution in [-0.2, 0) is 27.5 Å². The first-order valence-electron chi connectivity index (χ1n) is 15.1. The number of benzene rings is 4. The first-order chi connectivity index (χ1) is 22.9. The molecule has 0 spiro atoms. The molecule has 1 aliphatic carbocycles. The van der Waals surface area contributed by atoms with Gasteiger partial charge in [0.1, 0.15) is 19.5 Å². The second kappa shape index (κ2) is 15.2. The summed E-state index contributed by atoms with van der Waals surface area (Å²) in [6, 6.07) is 25.0. The lowest BCUT2D eigenvalue weighted by atomic mass is 9.71. The SMILES string of the molecule is COc1cc([C@@H]2c3c(cc(OC)c(OCc4ccccc4)c3OC)C=C(C=O)[C@H]2COC(C)=O)cc(OC)c1OCc1ccccc1. The second-order valence-corrected chi connectivity index (χ2v) is 10.9. The van der Waals surface area contributed by atoms with E-state index in [1.165, 1.54) is 6.92 Å². The summed E-state index contributed by atoms with van der Waals surface area (Å²) in [5.74, 6) is 0.934. The molecule has 9 nitrogen and oxygen atoms in total. The van der Waals surface area contributed by atoms with Gasteiger partial charge in [-0.15, -0.1) is 0 Å². The number of methoxy groups -OCH3 is 4. The third-order valence-electron chi connectivity index (χ3n) is 8.06. The van der Waals surface area contributed by atoms with Crippen LogP contribution in [0.5, 0.6) is 34.5 Å². The highest BCUT2D eigenvalue weighted by molar-refractivity contribution is 5.87. The van der Waals surface area contributed by atoms with E-state index in [-0.39, 0.29) is 13.2 Å². The Morgan fingerprint density at radius 3 is 1.72 bits per heavy atom. The standard InChI is InChI=1S/C38H38O9/c1-24(40)45-23-30-29(20-39)16-27-17-33(43-4)37(47-22-26-14-10-7-11-15-26)38(44-5)35(27)34(30)28-18-31(41-2)36(32(19-28)42-3)46-21-25-12-8-6-9-13-25/h6-20,30,34H,21-23H2,1-5H3/t30-,34+/m1/s1. The van der Waals surface area contributed by atoms with Gasteiger partial charge in [0.25, 0.3) is 0 Å². The van der Waals surface area contributed by atoms with Crippen LogP contribution in [0.2, 0.25) is 0 Å². The summed E-state index contributed by atoms with van der Waals surface area (Å²) in [4.78, 5) is 24.6. The summed E-state index contributed by atoms with van der Waals surface area (Å²) in [6.07, 6.45) is 2.56. The second-order valence-electron chi connectivity index (χ2n) is 10.9. The third-order valence-corrected chi connectivity index (χ3v) is 8.06. The van der Waals surface area contributed by atoms with Gasteiger partial charge in [-0.05, 0) is 52.1 Å².